The molecule has 0 amide bonds. The molecule has 1 aromatic carbocycles. The third kappa shape index (κ3) is 5.76. The SMILES string of the molecule is COCCn1c(CNS(=O)(=O)c2ccc(CC(C)C)cc2)nc2cccnc21.Cl. The first-order valence-electron chi connectivity index (χ1n) is 9.28. The van der Waals surface area contributed by atoms with Gasteiger partial charge in [0, 0.05) is 19.9 Å². The first-order valence-corrected chi connectivity index (χ1v) is 10.8. The Kier molecular flexibility index (Phi) is 8.15. The van der Waals surface area contributed by atoms with E-state index in [2.05, 4.69) is 28.5 Å². The van der Waals surface area contributed by atoms with E-state index in [1.165, 1.54) is 0 Å². The molecular weight excluding hydrogens is 412 g/mol. The molecule has 3 aromatic rings. The standard InChI is InChI=1S/C20H26N4O3S.ClH/c1-15(2)13-16-6-8-17(9-7-16)28(25,26)22-14-19-23-18-5-4-10-21-20(18)24(19)11-12-27-3;/h4-10,15,22H,11-14H2,1-3H3;1H. The molecule has 3 rings (SSSR count). The number of benzene rings is 1. The van der Waals surface area contributed by atoms with Crippen molar-refractivity contribution in [2.24, 2.45) is 5.92 Å². The molecule has 1 N–H and O–H groups in total. The second-order valence-electron chi connectivity index (χ2n) is 7.09. The first kappa shape index (κ1) is 23.3. The van der Waals surface area contributed by atoms with E-state index in [-0.39, 0.29) is 23.8 Å². The van der Waals surface area contributed by atoms with Crippen molar-refractivity contribution < 1.29 is 13.2 Å². The highest BCUT2D eigenvalue weighted by atomic mass is 35.5. The van der Waals surface area contributed by atoms with Crippen LogP contribution in [0.25, 0.3) is 11.2 Å². The maximum absolute atomic E-state index is 12.7. The first-order chi connectivity index (χ1) is 13.4. The number of sulfonamides is 1. The second kappa shape index (κ2) is 10.2. The van der Waals surface area contributed by atoms with E-state index in [0.29, 0.717) is 30.5 Å². The summed E-state index contributed by atoms with van der Waals surface area (Å²) in [5.41, 5.74) is 2.57. The van der Waals surface area contributed by atoms with Crippen LogP contribution in [0.5, 0.6) is 0 Å². The van der Waals surface area contributed by atoms with Crippen LogP contribution in [0.1, 0.15) is 25.2 Å². The number of hydrogen-bond acceptors (Lipinski definition) is 5. The summed E-state index contributed by atoms with van der Waals surface area (Å²) in [7, 11) is -2.01. The number of halogens is 1. The molecule has 0 spiro atoms. The molecule has 0 radical (unpaired) electrons. The van der Waals surface area contributed by atoms with Gasteiger partial charge in [0.15, 0.2) is 5.65 Å². The second-order valence-corrected chi connectivity index (χ2v) is 8.85. The van der Waals surface area contributed by atoms with Gasteiger partial charge in [-0.1, -0.05) is 26.0 Å². The van der Waals surface area contributed by atoms with Crippen molar-refractivity contribution in [3.05, 3.63) is 54.0 Å². The quantitative estimate of drug-likeness (QED) is 0.554. The highest BCUT2D eigenvalue weighted by molar-refractivity contribution is 7.89. The fourth-order valence-corrected chi connectivity index (χ4v) is 4.06. The Labute approximate surface area is 178 Å². The van der Waals surface area contributed by atoms with E-state index in [9.17, 15) is 8.42 Å². The molecule has 2 heterocycles. The predicted molar refractivity (Wildman–Crippen MR) is 116 cm³/mol. The van der Waals surface area contributed by atoms with Crippen molar-refractivity contribution in [1.29, 1.82) is 0 Å². The fraction of sp³-hybridized carbons (Fsp3) is 0.400. The Morgan fingerprint density at radius 3 is 2.55 bits per heavy atom. The van der Waals surface area contributed by atoms with Gasteiger partial charge in [-0.15, -0.1) is 12.4 Å². The summed E-state index contributed by atoms with van der Waals surface area (Å²) in [6, 6.07) is 10.7. The van der Waals surface area contributed by atoms with Crippen LogP contribution in [-0.4, -0.2) is 36.7 Å². The number of ether oxygens (including phenoxy) is 1. The molecular formula is C20H27ClN4O3S. The highest BCUT2D eigenvalue weighted by Gasteiger charge is 2.17. The molecule has 0 unspecified atom stereocenters. The van der Waals surface area contributed by atoms with Crippen LogP contribution < -0.4 is 4.72 Å². The minimum absolute atomic E-state index is 0. The Hall–Kier alpha value is -2.00. The number of rotatable bonds is 9. The highest BCUT2D eigenvalue weighted by Crippen LogP contribution is 2.16. The summed E-state index contributed by atoms with van der Waals surface area (Å²) in [5, 5.41) is 0. The van der Waals surface area contributed by atoms with Gasteiger partial charge in [-0.25, -0.2) is 23.1 Å². The van der Waals surface area contributed by atoms with Crippen molar-refractivity contribution in [1.82, 2.24) is 19.3 Å². The molecule has 0 bridgehead atoms. The lowest BCUT2D eigenvalue weighted by atomic mass is 10.0. The van der Waals surface area contributed by atoms with E-state index in [1.807, 2.05) is 28.8 Å². The van der Waals surface area contributed by atoms with Crippen LogP contribution in [-0.2, 0) is 34.3 Å². The number of hydrogen-bond donors (Lipinski definition) is 1. The zero-order valence-electron chi connectivity index (χ0n) is 16.8. The van der Waals surface area contributed by atoms with Crippen molar-refractivity contribution in [3.8, 4) is 0 Å². The van der Waals surface area contributed by atoms with E-state index in [0.717, 1.165) is 17.5 Å². The molecule has 0 aliphatic carbocycles. The summed E-state index contributed by atoms with van der Waals surface area (Å²) < 4.78 is 35.1. The predicted octanol–water partition coefficient (Wildman–Crippen LogP) is 3.18. The average molecular weight is 439 g/mol. The molecule has 0 fully saturated rings. The van der Waals surface area contributed by atoms with E-state index in [1.54, 1.807) is 25.4 Å². The van der Waals surface area contributed by atoms with Gasteiger partial charge < -0.3 is 9.30 Å². The lowest BCUT2D eigenvalue weighted by Gasteiger charge is -2.10. The molecule has 0 atom stereocenters. The minimum atomic E-state index is -3.63. The lowest BCUT2D eigenvalue weighted by molar-refractivity contribution is 0.187. The number of nitrogens with zero attached hydrogens (tertiary/aromatic N) is 3. The summed E-state index contributed by atoms with van der Waals surface area (Å²) in [4.78, 5) is 9.13. The zero-order valence-corrected chi connectivity index (χ0v) is 18.5. The van der Waals surface area contributed by atoms with Gasteiger partial charge in [-0.2, -0.15) is 0 Å². The summed E-state index contributed by atoms with van der Waals surface area (Å²) in [6.07, 6.45) is 2.62. The van der Waals surface area contributed by atoms with Gasteiger partial charge in [0.1, 0.15) is 11.3 Å². The van der Waals surface area contributed by atoms with E-state index < -0.39 is 10.0 Å². The van der Waals surface area contributed by atoms with Crippen molar-refractivity contribution in [3.63, 3.8) is 0 Å². The maximum Gasteiger partial charge on any atom is 0.240 e. The van der Waals surface area contributed by atoms with Crippen LogP contribution in [0.2, 0.25) is 0 Å². The number of fused-ring (bicyclic) bond motifs is 1. The monoisotopic (exact) mass is 438 g/mol. The topological polar surface area (TPSA) is 86.1 Å². The van der Waals surface area contributed by atoms with Crippen molar-refractivity contribution in [2.45, 2.75) is 38.3 Å². The normalized spacial score (nSPS) is 11.7. The van der Waals surface area contributed by atoms with Gasteiger partial charge in [0.05, 0.1) is 18.0 Å². The van der Waals surface area contributed by atoms with E-state index in [4.69, 9.17) is 4.74 Å². The molecule has 9 heteroatoms. The number of pyridine rings is 1. The lowest BCUT2D eigenvalue weighted by Crippen LogP contribution is -2.25. The van der Waals surface area contributed by atoms with Crippen LogP contribution in [0, 0.1) is 5.92 Å². The summed E-state index contributed by atoms with van der Waals surface area (Å²) >= 11 is 0. The zero-order chi connectivity index (χ0) is 20.1. The number of aromatic nitrogens is 3. The molecule has 0 saturated heterocycles. The third-order valence-corrected chi connectivity index (χ3v) is 5.82. The number of imidazole rings is 1. The Balaban J connectivity index is 0.00000300. The minimum Gasteiger partial charge on any atom is -0.383 e. The molecule has 29 heavy (non-hydrogen) atoms. The summed E-state index contributed by atoms with van der Waals surface area (Å²) in [6.45, 7) is 5.38. The van der Waals surface area contributed by atoms with Gasteiger partial charge in [0.2, 0.25) is 10.0 Å². The largest absolute Gasteiger partial charge is 0.383 e. The molecule has 158 valence electrons. The maximum atomic E-state index is 12.7. The molecule has 0 saturated carbocycles. The van der Waals surface area contributed by atoms with Gasteiger partial charge in [0.25, 0.3) is 0 Å². The van der Waals surface area contributed by atoms with Gasteiger partial charge >= 0.3 is 0 Å². The van der Waals surface area contributed by atoms with Crippen LogP contribution in [0.4, 0.5) is 0 Å². The molecule has 2 aromatic heterocycles. The number of nitrogens with one attached hydrogen (secondary N) is 1. The average Bonchev–Trinajstić information content (AvgIpc) is 3.02. The fourth-order valence-electron chi connectivity index (χ4n) is 3.08. The Morgan fingerprint density at radius 1 is 1.17 bits per heavy atom. The van der Waals surface area contributed by atoms with Crippen LogP contribution >= 0.6 is 12.4 Å². The van der Waals surface area contributed by atoms with Crippen LogP contribution in [0.15, 0.2) is 47.5 Å². The van der Waals surface area contributed by atoms with E-state index >= 15 is 0 Å². The molecule has 0 aliphatic rings. The molecule has 0 aliphatic heterocycles. The van der Waals surface area contributed by atoms with Crippen LogP contribution in [0.3, 0.4) is 0 Å². The number of methoxy groups -OCH3 is 1. The molecule has 7 nitrogen and oxygen atoms in total. The van der Waals surface area contributed by atoms with Gasteiger partial charge in [-0.3, -0.25) is 0 Å². The smallest absolute Gasteiger partial charge is 0.240 e. The Morgan fingerprint density at radius 2 is 1.90 bits per heavy atom. The van der Waals surface area contributed by atoms with Crippen molar-refractivity contribution >= 4 is 33.6 Å². The van der Waals surface area contributed by atoms with Crippen molar-refractivity contribution in [2.75, 3.05) is 13.7 Å². The summed E-state index contributed by atoms with van der Waals surface area (Å²) in [5.74, 6) is 1.13. The Bertz CT molecular complexity index is 1030. The van der Waals surface area contributed by atoms with Gasteiger partial charge in [-0.05, 0) is 42.2 Å². The third-order valence-electron chi connectivity index (χ3n) is 4.40.